The molecule has 5 nitrogen and oxygen atoms in total. The van der Waals surface area contributed by atoms with Gasteiger partial charge in [-0.05, 0) is 55.2 Å². The quantitative estimate of drug-likeness (QED) is 0.631. The highest BCUT2D eigenvalue weighted by Gasteiger charge is 2.51. The largest absolute Gasteiger partial charge is 0.454 e. The standard InChI is InChI=1S/C23H19ClN2O3.H2/c1-14-10-15(17-4-2-3-5-18(17)24)12-25-21(14)26-22(27)23(8-9-23)16-6-7-19-20(11-16)29-13-28-19;/h2-7,10-12H,8-9,13H2,1H3,(H,25,26,27);1H. The van der Waals surface area contributed by atoms with Crippen molar-refractivity contribution in [1.82, 2.24) is 4.98 Å². The summed E-state index contributed by atoms with van der Waals surface area (Å²) in [5.74, 6) is 1.94. The summed E-state index contributed by atoms with van der Waals surface area (Å²) in [7, 11) is 0. The number of hydrogen-bond acceptors (Lipinski definition) is 4. The number of nitrogens with one attached hydrogen (secondary N) is 1. The summed E-state index contributed by atoms with van der Waals surface area (Å²) in [5.41, 5.74) is 3.14. The van der Waals surface area contributed by atoms with Crippen LogP contribution < -0.4 is 14.8 Å². The van der Waals surface area contributed by atoms with Crippen LogP contribution in [-0.4, -0.2) is 17.7 Å². The summed E-state index contributed by atoms with van der Waals surface area (Å²) in [5, 5.41) is 3.69. The Kier molecular flexibility index (Phi) is 4.21. The highest BCUT2D eigenvalue weighted by Crippen LogP contribution is 2.51. The van der Waals surface area contributed by atoms with Crippen LogP contribution in [0.15, 0.2) is 54.7 Å². The highest BCUT2D eigenvalue weighted by atomic mass is 35.5. The summed E-state index contributed by atoms with van der Waals surface area (Å²) >= 11 is 6.29. The first kappa shape index (κ1) is 18.0. The Labute approximate surface area is 175 Å². The molecule has 1 saturated carbocycles. The summed E-state index contributed by atoms with van der Waals surface area (Å²) in [6.07, 6.45) is 3.34. The van der Waals surface area contributed by atoms with E-state index >= 15 is 0 Å². The number of fused-ring (bicyclic) bond motifs is 1. The smallest absolute Gasteiger partial charge is 0.236 e. The molecule has 0 radical (unpaired) electrons. The second-order valence-corrected chi connectivity index (χ2v) is 7.88. The van der Waals surface area contributed by atoms with Gasteiger partial charge in [0, 0.05) is 23.8 Å². The van der Waals surface area contributed by atoms with Crippen molar-refractivity contribution < 1.29 is 15.7 Å². The normalized spacial score (nSPS) is 15.8. The van der Waals surface area contributed by atoms with E-state index < -0.39 is 5.41 Å². The molecule has 2 aromatic carbocycles. The number of carbonyl (C=O) groups is 1. The maximum absolute atomic E-state index is 13.1. The first-order valence-corrected chi connectivity index (χ1v) is 9.88. The summed E-state index contributed by atoms with van der Waals surface area (Å²) < 4.78 is 10.8. The van der Waals surface area contributed by atoms with Gasteiger partial charge in [-0.15, -0.1) is 0 Å². The van der Waals surface area contributed by atoms with E-state index in [9.17, 15) is 4.79 Å². The fourth-order valence-corrected chi connectivity index (χ4v) is 3.99. The first-order valence-electron chi connectivity index (χ1n) is 9.50. The number of benzene rings is 2. The molecule has 1 fully saturated rings. The average Bonchev–Trinajstić information content (AvgIpc) is 3.41. The Bertz CT molecular complexity index is 1130. The van der Waals surface area contributed by atoms with Gasteiger partial charge in [0.2, 0.25) is 12.7 Å². The van der Waals surface area contributed by atoms with Crippen LogP contribution in [0.5, 0.6) is 11.5 Å². The van der Waals surface area contributed by atoms with E-state index in [4.69, 9.17) is 21.1 Å². The highest BCUT2D eigenvalue weighted by molar-refractivity contribution is 6.33. The van der Waals surface area contributed by atoms with Crippen molar-refractivity contribution in [2.75, 3.05) is 12.1 Å². The Morgan fingerprint density at radius 1 is 1.14 bits per heavy atom. The van der Waals surface area contributed by atoms with Gasteiger partial charge < -0.3 is 14.8 Å². The number of nitrogens with zero attached hydrogens (tertiary/aromatic N) is 1. The second kappa shape index (κ2) is 6.78. The third-order valence-electron chi connectivity index (χ3n) is 5.60. The van der Waals surface area contributed by atoms with Crippen molar-refractivity contribution in [3.63, 3.8) is 0 Å². The number of anilines is 1. The van der Waals surface area contributed by atoms with Gasteiger partial charge in [-0.2, -0.15) is 0 Å². The molecule has 0 saturated heterocycles. The molecule has 2 aliphatic rings. The Morgan fingerprint density at radius 2 is 1.93 bits per heavy atom. The molecule has 0 unspecified atom stereocenters. The summed E-state index contributed by atoms with van der Waals surface area (Å²) in [4.78, 5) is 17.6. The van der Waals surface area contributed by atoms with Crippen LogP contribution in [0.4, 0.5) is 5.82 Å². The lowest BCUT2D eigenvalue weighted by atomic mass is 9.94. The zero-order valence-electron chi connectivity index (χ0n) is 15.9. The number of aromatic nitrogens is 1. The number of aryl methyl sites for hydroxylation is 1. The molecule has 6 heteroatoms. The molecule has 1 aliphatic heterocycles. The summed E-state index contributed by atoms with van der Waals surface area (Å²) in [6.45, 7) is 2.15. The lowest BCUT2D eigenvalue weighted by Gasteiger charge is -2.17. The molecule has 1 aliphatic carbocycles. The monoisotopic (exact) mass is 408 g/mol. The van der Waals surface area contributed by atoms with Gasteiger partial charge in [0.25, 0.3) is 0 Å². The van der Waals surface area contributed by atoms with Crippen molar-refractivity contribution in [2.45, 2.75) is 25.2 Å². The van der Waals surface area contributed by atoms with E-state index in [0.29, 0.717) is 16.6 Å². The van der Waals surface area contributed by atoms with Crippen molar-refractivity contribution >= 4 is 23.3 Å². The van der Waals surface area contributed by atoms with Crippen LogP contribution in [0.1, 0.15) is 25.4 Å². The third-order valence-corrected chi connectivity index (χ3v) is 5.93. The van der Waals surface area contributed by atoms with Crippen LogP contribution in [0, 0.1) is 6.92 Å². The van der Waals surface area contributed by atoms with Gasteiger partial charge in [-0.1, -0.05) is 35.9 Å². The second-order valence-electron chi connectivity index (χ2n) is 7.47. The molecule has 0 bridgehead atoms. The van der Waals surface area contributed by atoms with E-state index in [0.717, 1.165) is 40.8 Å². The van der Waals surface area contributed by atoms with E-state index in [-0.39, 0.29) is 14.1 Å². The lowest BCUT2D eigenvalue weighted by molar-refractivity contribution is -0.118. The lowest BCUT2D eigenvalue weighted by Crippen LogP contribution is -2.28. The number of amides is 1. The zero-order valence-corrected chi connectivity index (χ0v) is 16.6. The zero-order chi connectivity index (χ0) is 20.0. The van der Waals surface area contributed by atoms with Crippen LogP contribution in [0.2, 0.25) is 5.02 Å². The van der Waals surface area contributed by atoms with E-state index in [2.05, 4.69) is 10.3 Å². The predicted molar refractivity (Wildman–Crippen MR) is 114 cm³/mol. The van der Waals surface area contributed by atoms with Gasteiger partial charge in [0.15, 0.2) is 11.5 Å². The fourth-order valence-electron chi connectivity index (χ4n) is 3.74. The molecule has 1 aromatic heterocycles. The van der Waals surface area contributed by atoms with Crippen LogP contribution in [0.25, 0.3) is 11.1 Å². The molecule has 0 atom stereocenters. The SMILES string of the molecule is Cc1cc(-c2ccccc2Cl)cnc1NC(=O)C1(c2ccc3c(c2)OCO3)CC1.[HH]. The molecular formula is C23H21ClN2O3. The maximum Gasteiger partial charge on any atom is 0.236 e. The molecular weight excluding hydrogens is 388 g/mol. The van der Waals surface area contributed by atoms with Crippen molar-refractivity contribution in [2.24, 2.45) is 0 Å². The topological polar surface area (TPSA) is 60.5 Å². The number of rotatable bonds is 4. The van der Waals surface area contributed by atoms with Crippen LogP contribution >= 0.6 is 11.6 Å². The molecule has 1 N–H and O–H groups in total. The van der Waals surface area contributed by atoms with E-state index in [1.807, 2.05) is 55.5 Å². The molecule has 29 heavy (non-hydrogen) atoms. The average molecular weight is 409 g/mol. The van der Waals surface area contributed by atoms with Gasteiger partial charge in [0.1, 0.15) is 5.82 Å². The number of hydrogen-bond donors (Lipinski definition) is 1. The first-order chi connectivity index (χ1) is 14.1. The Balaban J connectivity index is 0.00000218. The molecule has 1 amide bonds. The molecule has 2 heterocycles. The van der Waals surface area contributed by atoms with Gasteiger partial charge in [0.05, 0.1) is 5.41 Å². The van der Waals surface area contributed by atoms with Crippen molar-refractivity contribution in [3.05, 3.63) is 70.9 Å². The minimum absolute atomic E-state index is 0. The van der Waals surface area contributed by atoms with Crippen molar-refractivity contribution in [3.8, 4) is 22.6 Å². The number of halogens is 1. The number of ether oxygens (including phenoxy) is 2. The van der Waals surface area contributed by atoms with Gasteiger partial charge in [-0.3, -0.25) is 4.79 Å². The molecule has 148 valence electrons. The molecule has 0 spiro atoms. The Morgan fingerprint density at radius 3 is 2.69 bits per heavy atom. The molecule has 3 aromatic rings. The van der Waals surface area contributed by atoms with Crippen LogP contribution in [0.3, 0.4) is 0 Å². The van der Waals surface area contributed by atoms with E-state index in [1.54, 1.807) is 6.20 Å². The third kappa shape index (κ3) is 3.12. The summed E-state index contributed by atoms with van der Waals surface area (Å²) in [6, 6.07) is 15.4. The van der Waals surface area contributed by atoms with E-state index in [1.165, 1.54) is 0 Å². The number of pyridine rings is 1. The minimum Gasteiger partial charge on any atom is -0.454 e. The van der Waals surface area contributed by atoms with Crippen LogP contribution in [-0.2, 0) is 10.2 Å². The van der Waals surface area contributed by atoms with Crippen molar-refractivity contribution in [1.29, 1.82) is 0 Å². The number of carbonyl (C=O) groups excluding carboxylic acids is 1. The minimum atomic E-state index is -0.531. The van der Waals surface area contributed by atoms with Gasteiger partial charge in [-0.25, -0.2) is 4.98 Å². The fraction of sp³-hybridized carbons (Fsp3) is 0.217. The predicted octanol–water partition coefficient (Wildman–Crippen LogP) is 5.36. The Hall–Kier alpha value is -3.05. The maximum atomic E-state index is 13.1. The van der Waals surface area contributed by atoms with Gasteiger partial charge >= 0.3 is 0 Å². The molecule has 5 rings (SSSR count).